The van der Waals surface area contributed by atoms with Crippen molar-refractivity contribution in [1.29, 1.82) is 0 Å². The monoisotopic (exact) mass is 482 g/mol. The average Bonchev–Trinajstić information content (AvgIpc) is 3.20. The predicted molar refractivity (Wildman–Crippen MR) is 131 cm³/mol. The number of aryl methyl sites for hydroxylation is 1. The molecule has 9 heteroatoms. The smallest absolute Gasteiger partial charge is 0.326 e. The molecule has 2 saturated heterocycles. The van der Waals surface area contributed by atoms with E-state index in [0.717, 1.165) is 35.9 Å². The number of aromatic nitrogens is 2. The number of piperidine rings is 2. The second kappa shape index (κ2) is 9.03. The Balaban J connectivity index is 1.34. The molecule has 3 aromatic rings. The molecule has 0 unspecified atom stereocenters. The number of H-pyrrole nitrogens is 1. The molecule has 0 radical (unpaired) electrons. The average molecular weight is 483 g/mol. The molecule has 0 saturated carbocycles. The zero-order valence-electron chi connectivity index (χ0n) is 19.4. The van der Waals surface area contributed by atoms with E-state index in [4.69, 9.17) is 0 Å². The summed E-state index contributed by atoms with van der Waals surface area (Å²) in [6.07, 6.45) is 4.11. The van der Waals surface area contributed by atoms with Gasteiger partial charge in [-0.15, -0.1) is 0 Å². The van der Waals surface area contributed by atoms with Gasteiger partial charge in [-0.3, -0.25) is 9.36 Å². The van der Waals surface area contributed by atoms with E-state index >= 15 is 0 Å². The van der Waals surface area contributed by atoms with Crippen LogP contribution in [0.1, 0.15) is 54.1 Å². The molecule has 0 bridgehead atoms. The van der Waals surface area contributed by atoms with Gasteiger partial charge in [-0.1, -0.05) is 24.6 Å². The first-order valence-corrected chi connectivity index (χ1v) is 13.4. The second-order valence-corrected chi connectivity index (χ2v) is 11.2. The zero-order valence-corrected chi connectivity index (χ0v) is 20.2. The summed E-state index contributed by atoms with van der Waals surface area (Å²) < 4.78 is 29.6. The van der Waals surface area contributed by atoms with Crippen molar-refractivity contribution in [2.75, 3.05) is 26.2 Å². The Morgan fingerprint density at radius 1 is 0.971 bits per heavy atom. The van der Waals surface area contributed by atoms with Gasteiger partial charge < -0.3 is 9.88 Å². The number of fused-ring (bicyclic) bond motifs is 1. The summed E-state index contributed by atoms with van der Waals surface area (Å²) in [5, 5.41) is 0. The minimum absolute atomic E-state index is 0.0135. The normalized spacial score (nSPS) is 18.4. The number of hydrogen-bond acceptors (Lipinski definition) is 4. The summed E-state index contributed by atoms with van der Waals surface area (Å²) in [5.41, 5.74) is 2.76. The van der Waals surface area contributed by atoms with Crippen LogP contribution < -0.4 is 5.69 Å². The fraction of sp³-hybridized carbons (Fsp3) is 0.440. The maximum atomic E-state index is 13.4. The first-order chi connectivity index (χ1) is 16.4. The summed E-state index contributed by atoms with van der Waals surface area (Å²) in [4.78, 5) is 30.8. The number of para-hydroxylation sites is 2. The molecule has 1 aromatic heterocycles. The summed E-state index contributed by atoms with van der Waals surface area (Å²) in [7, 11) is -3.61. The molecule has 2 aromatic carbocycles. The molecule has 3 heterocycles. The molecule has 0 aliphatic carbocycles. The SMILES string of the molecule is Cc1ccc(S(=O)(=O)N2CCCCC2)cc1C(=O)N1CCC(n2c(=O)[nH]c3ccccc32)CC1. The number of aromatic amines is 1. The van der Waals surface area contributed by atoms with Crippen molar-refractivity contribution in [3.8, 4) is 0 Å². The number of imidazole rings is 1. The summed E-state index contributed by atoms with van der Waals surface area (Å²) in [6, 6.07) is 12.5. The van der Waals surface area contributed by atoms with E-state index < -0.39 is 10.0 Å². The molecule has 2 aliphatic rings. The highest BCUT2D eigenvalue weighted by molar-refractivity contribution is 7.89. The van der Waals surface area contributed by atoms with Crippen LogP contribution in [0.4, 0.5) is 0 Å². The van der Waals surface area contributed by atoms with Crippen LogP contribution in [0, 0.1) is 6.92 Å². The Labute approximate surface area is 199 Å². The number of nitrogens with one attached hydrogen (secondary N) is 1. The lowest BCUT2D eigenvalue weighted by Gasteiger charge is -2.33. The van der Waals surface area contributed by atoms with Crippen molar-refractivity contribution in [2.45, 2.75) is 50.0 Å². The Kier molecular flexibility index (Phi) is 6.07. The molecule has 0 spiro atoms. The van der Waals surface area contributed by atoms with Gasteiger partial charge in [0.2, 0.25) is 10.0 Å². The molecule has 180 valence electrons. The highest BCUT2D eigenvalue weighted by Gasteiger charge is 2.30. The molecule has 8 nitrogen and oxygen atoms in total. The third-order valence-electron chi connectivity index (χ3n) is 7.13. The number of benzene rings is 2. The van der Waals surface area contributed by atoms with Crippen molar-refractivity contribution in [3.63, 3.8) is 0 Å². The largest absolute Gasteiger partial charge is 0.338 e. The molecule has 1 N–H and O–H groups in total. The molecule has 2 fully saturated rings. The van der Waals surface area contributed by atoms with Crippen molar-refractivity contribution in [1.82, 2.24) is 18.8 Å². The van der Waals surface area contributed by atoms with Crippen LogP contribution in [0.3, 0.4) is 0 Å². The van der Waals surface area contributed by atoms with Crippen LogP contribution >= 0.6 is 0 Å². The number of rotatable bonds is 4. The van der Waals surface area contributed by atoms with Gasteiger partial charge in [-0.2, -0.15) is 4.31 Å². The van der Waals surface area contributed by atoms with Crippen molar-refractivity contribution in [3.05, 3.63) is 64.1 Å². The van der Waals surface area contributed by atoms with Gasteiger partial charge >= 0.3 is 5.69 Å². The second-order valence-electron chi connectivity index (χ2n) is 9.28. The minimum Gasteiger partial charge on any atom is -0.338 e. The van der Waals surface area contributed by atoms with Gasteiger partial charge in [0.25, 0.3) is 5.91 Å². The summed E-state index contributed by atoms with van der Waals surface area (Å²) in [5.74, 6) is -0.155. The van der Waals surface area contributed by atoms with E-state index in [1.54, 1.807) is 21.6 Å². The fourth-order valence-electron chi connectivity index (χ4n) is 5.18. The molecule has 0 atom stereocenters. The van der Waals surface area contributed by atoms with Crippen molar-refractivity contribution in [2.24, 2.45) is 0 Å². The molecular weight excluding hydrogens is 452 g/mol. The van der Waals surface area contributed by atoms with Crippen LogP contribution in [-0.2, 0) is 10.0 Å². The van der Waals surface area contributed by atoms with Crippen LogP contribution in [0.25, 0.3) is 11.0 Å². The predicted octanol–water partition coefficient (Wildman–Crippen LogP) is 3.29. The van der Waals surface area contributed by atoms with Crippen LogP contribution in [0.2, 0.25) is 0 Å². The van der Waals surface area contributed by atoms with Crippen molar-refractivity contribution < 1.29 is 13.2 Å². The van der Waals surface area contributed by atoms with E-state index in [1.807, 2.05) is 31.2 Å². The molecule has 5 rings (SSSR count). The number of carbonyl (C=O) groups is 1. The third kappa shape index (κ3) is 4.07. The van der Waals surface area contributed by atoms with E-state index in [1.165, 1.54) is 10.4 Å². The number of carbonyl (C=O) groups excluding carboxylic acids is 1. The maximum absolute atomic E-state index is 13.4. The topological polar surface area (TPSA) is 95.5 Å². The lowest BCUT2D eigenvalue weighted by molar-refractivity contribution is 0.0694. The van der Waals surface area contributed by atoms with E-state index in [0.29, 0.717) is 44.6 Å². The summed E-state index contributed by atoms with van der Waals surface area (Å²) >= 11 is 0. The van der Waals surface area contributed by atoms with E-state index in [-0.39, 0.29) is 22.5 Å². The number of nitrogens with zero attached hydrogens (tertiary/aromatic N) is 3. The van der Waals surface area contributed by atoms with Gasteiger partial charge in [-0.05, 0) is 62.4 Å². The summed E-state index contributed by atoms with van der Waals surface area (Å²) in [6.45, 7) is 3.92. The minimum atomic E-state index is -3.61. The molecule has 2 aliphatic heterocycles. The Bertz CT molecular complexity index is 1380. The molecule has 1 amide bonds. The highest BCUT2D eigenvalue weighted by Crippen LogP contribution is 2.28. The standard InChI is InChI=1S/C25H30N4O4S/c1-18-9-10-20(34(32,33)28-13-5-2-6-14-28)17-21(18)24(30)27-15-11-19(12-16-27)29-23-8-4-3-7-22(23)26-25(29)31/h3-4,7-10,17,19H,2,5-6,11-16H2,1H3,(H,26,31). The van der Waals surface area contributed by atoms with Crippen LogP contribution in [-0.4, -0.2) is 59.3 Å². The van der Waals surface area contributed by atoms with E-state index in [2.05, 4.69) is 4.98 Å². The third-order valence-corrected chi connectivity index (χ3v) is 9.03. The van der Waals surface area contributed by atoms with Gasteiger partial charge in [0.05, 0.1) is 15.9 Å². The quantitative estimate of drug-likeness (QED) is 0.617. The van der Waals surface area contributed by atoms with E-state index in [9.17, 15) is 18.0 Å². The van der Waals surface area contributed by atoms with Gasteiger partial charge in [-0.25, -0.2) is 13.2 Å². The van der Waals surface area contributed by atoms with Crippen LogP contribution in [0.5, 0.6) is 0 Å². The maximum Gasteiger partial charge on any atom is 0.326 e. The Morgan fingerprint density at radius 2 is 1.68 bits per heavy atom. The lowest BCUT2D eigenvalue weighted by Crippen LogP contribution is -2.41. The Hall–Kier alpha value is -2.91. The number of likely N-dealkylation sites (tertiary alicyclic amines) is 1. The van der Waals surface area contributed by atoms with Gasteiger partial charge in [0.1, 0.15) is 0 Å². The molecular formula is C25H30N4O4S. The van der Waals surface area contributed by atoms with Crippen molar-refractivity contribution >= 4 is 27.0 Å². The number of sulfonamides is 1. The first kappa shape index (κ1) is 22.9. The highest BCUT2D eigenvalue weighted by atomic mass is 32.2. The van der Waals surface area contributed by atoms with Gasteiger partial charge in [0.15, 0.2) is 0 Å². The Morgan fingerprint density at radius 3 is 2.41 bits per heavy atom. The first-order valence-electron chi connectivity index (χ1n) is 12.0. The zero-order chi connectivity index (χ0) is 23.9. The molecule has 34 heavy (non-hydrogen) atoms. The van der Waals surface area contributed by atoms with Crippen LogP contribution in [0.15, 0.2) is 52.2 Å². The number of hydrogen-bond donors (Lipinski definition) is 1. The van der Waals surface area contributed by atoms with Gasteiger partial charge in [0, 0.05) is 37.8 Å². The number of amides is 1. The lowest BCUT2D eigenvalue weighted by atomic mass is 10.0. The fourth-order valence-corrected chi connectivity index (χ4v) is 6.72.